The van der Waals surface area contributed by atoms with Gasteiger partial charge >= 0.3 is 5.97 Å². The molecule has 3 nitrogen and oxygen atoms in total. The lowest BCUT2D eigenvalue weighted by Crippen LogP contribution is -1.99. The number of hydrogen-bond acceptors (Lipinski definition) is 2. The molecule has 0 heterocycles. The maximum atomic E-state index is 10.8. The molecule has 2 rings (SSSR count). The van der Waals surface area contributed by atoms with Crippen molar-refractivity contribution in [1.82, 2.24) is 0 Å². The van der Waals surface area contributed by atoms with Crippen molar-refractivity contribution in [2.45, 2.75) is 6.61 Å². The van der Waals surface area contributed by atoms with Gasteiger partial charge in [-0.1, -0.05) is 18.2 Å². The van der Waals surface area contributed by atoms with Crippen molar-refractivity contribution in [2.24, 2.45) is 0 Å². The van der Waals surface area contributed by atoms with Gasteiger partial charge in [0.2, 0.25) is 0 Å². The first-order valence-corrected chi connectivity index (χ1v) is 6.43. The van der Waals surface area contributed by atoms with Crippen LogP contribution in [-0.4, -0.2) is 11.1 Å². The van der Waals surface area contributed by atoms with Gasteiger partial charge in [-0.05, 0) is 58.5 Å². The highest BCUT2D eigenvalue weighted by Crippen LogP contribution is 2.15. The van der Waals surface area contributed by atoms with Crippen LogP contribution in [0.4, 0.5) is 0 Å². The SMILES string of the molecule is O=C(O)c1cccc(OCc2ccc(I)cc2)c1. The minimum absolute atomic E-state index is 0.232. The van der Waals surface area contributed by atoms with Crippen molar-refractivity contribution >= 4 is 28.6 Å². The minimum atomic E-state index is -0.949. The van der Waals surface area contributed by atoms with Crippen molar-refractivity contribution in [3.63, 3.8) is 0 Å². The predicted octanol–water partition coefficient (Wildman–Crippen LogP) is 3.57. The highest BCUT2D eigenvalue weighted by atomic mass is 127. The Kier molecular flexibility index (Phi) is 4.19. The molecule has 0 atom stereocenters. The molecule has 0 saturated carbocycles. The molecule has 0 spiro atoms. The Labute approximate surface area is 119 Å². The Morgan fingerprint density at radius 2 is 1.89 bits per heavy atom. The summed E-state index contributed by atoms with van der Waals surface area (Å²) in [5, 5.41) is 8.87. The fourth-order valence-electron chi connectivity index (χ4n) is 1.47. The van der Waals surface area contributed by atoms with Gasteiger partial charge < -0.3 is 9.84 Å². The molecule has 0 aliphatic rings. The van der Waals surface area contributed by atoms with Crippen LogP contribution in [0.2, 0.25) is 0 Å². The molecule has 92 valence electrons. The molecule has 0 radical (unpaired) electrons. The number of aromatic carboxylic acids is 1. The van der Waals surface area contributed by atoms with E-state index in [1.807, 2.05) is 24.3 Å². The molecule has 0 unspecified atom stereocenters. The van der Waals surface area contributed by atoms with Crippen LogP contribution in [-0.2, 0) is 6.61 Å². The summed E-state index contributed by atoms with van der Waals surface area (Å²) in [7, 11) is 0. The van der Waals surface area contributed by atoms with Crippen molar-refractivity contribution in [2.75, 3.05) is 0 Å². The molecular weight excluding hydrogens is 343 g/mol. The Hall–Kier alpha value is -1.56. The van der Waals surface area contributed by atoms with Gasteiger partial charge in [0.25, 0.3) is 0 Å². The second kappa shape index (κ2) is 5.86. The van der Waals surface area contributed by atoms with Crippen molar-refractivity contribution in [3.05, 3.63) is 63.2 Å². The summed E-state index contributed by atoms with van der Waals surface area (Å²) in [5.74, 6) is -0.386. The summed E-state index contributed by atoms with van der Waals surface area (Å²) in [6.07, 6.45) is 0. The van der Waals surface area contributed by atoms with Gasteiger partial charge in [-0.2, -0.15) is 0 Å². The first-order valence-electron chi connectivity index (χ1n) is 5.36. The second-order valence-electron chi connectivity index (χ2n) is 3.75. The van der Waals surface area contributed by atoms with E-state index >= 15 is 0 Å². The number of rotatable bonds is 4. The molecule has 0 aliphatic heterocycles. The quantitative estimate of drug-likeness (QED) is 0.854. The minimum Gasteiger partial charge on any atom is -0.489 e. The Balaban J connectivity index is 2.04. The van der Waals surface area contributed by atoms with Gasteiger partial charge in [0.1, 0.15) is 12.4 Å². The molecular formula is C14H11IO3. The van der Waals surface area contributed by atoms with Gasteiger partial charge in [-0.25, -0.2) is 4.79 Å². The summed E-state index contributed by atoms with van der Waals surface area (Å²) in [5.41, 5.74) is 1.28. The number of carbonyl (C=O) groups is 1. The summed E-state index contributed by atoms with van der Waals surface area (Å²) in [6, 6.07) is 14.5. The third-order valence-electron chi connectivity index (χ3n) is 2.40. The number of benzene rings is 2. The third kappa shape index (κ3) is 3.46. The fraction of sp³-hybridized carbons (Fsp3) is 0.0714. The predicted molar refractivity (Wildman–Crippen MR) is 76.9 cm³/mol. The van der Waals surface area contributed by atoms with Gasteiger partial charge in [-0.15, -0.1) is 0 Å². The van der Waals surface area contributed by atoms with E-state index < -0.39 is 5.97 Å². The Morgan fingerprint density at radius 1 is 1.17 bits per heavy atom. The van der Waals surface area contributed by atoms with E-state index in [4.69, 9.17) is 9.84 Å². The van der Waals surface area contributed by atoms with Crippen LogP contribution >= 0.6 is 22.6 Å². The Morgan fingerprint density at radius 3 is 2.56 bits per heavy atom. The van der Waals surface area contributed by atoms with Crippen LogP contribution in [0.15, 0.2) is 48.5 Å². The van der Waals surface area contributed by atoms with Crippen LogP contribution in [0, 0.1) is 3.57 Å². The van der Waals surface area contributed by atoms with E-state index in [1.165, 1.54) is 9.64 Å². The largest absolute Gasteiger partial charge is 0.489 e. The lowest BCUT2D eigenvalue weighted by Gasteiger charge is -2.07. The zero-order valence-electron chi connectivity index (χ0n) is 9.47. The van der Waals surface area contributed by atoms with E-state index in [1.54, 1.807) is 18.2 Å². The molecule has 1 N–H and O–H groups in total. The number of hydrogen-bond donors (Lipinski definition) is 1. The van der Waals surface area contributed by atoms with Crippen molar-refractivity contribution in [3.8, 4) is 5.75 Å². The lowest BCUT2D eigenvalue weighted by atomic mass is 10.2. The highest BCUT2D eigenvalue weighted by Gasteiger charge is 2.03. The van der Waals surface area contributed by atoms with Gasteiger partial charge in [0, 0.05) is 3.57 Å². The molecule has 0 fully saturated rings. The van der Waals surface area contributed by atoms with Crippen LogP contribution in [0.3, 0.4) is 0 Å². The normalized spacial score (nSPS) is 10.1. The summed E-state index contributed by atoms with van der Waals surface area (Å²) >= 11 is 2.24. The zero-order valence-corrected chi connectivity index (χ0v) is 11.6. The summed E-state index contributed by atoms with van der Waals surface area (Å²) in [6.45, 7) is 0.431. The highest BCUT2D eigenvalue weighted by molar-refractivity contribution is 14.1. The molecule has 0 aliphatic carbocycles. The van der Waals surface area contributed by atoms with Crippen LogP contribution in [0.5, 0.6) is 5.75 Å². The summed E-state index contributed by atoms with van der Waals surface area (Å²) in [4.78, 5) is 10.8. The number of halogens is 1. The average molecular weight is 354 g/mol. The monoisotopic (exact) mass is 354 g/mol. The first-order chi connectivity index (χ1) is 8.65. The fourth-order valence-corrected chi connectivity index (χ4v) is 1.83. The zero-order chi connectivity index (χ0) is 13.0. The summed E-state index contributed by atoms with van der Waals surface area (Å²) < 4.78 is 6.73. The number of carboxylic acid groups (broad SMARTS) is 1. The van der Waals surface area contributed by atoms with E-state index in [9.17, 15) is 4.79 Å². The van der Waals surface area contributed by atoms with Crippen LogP contribution in [0.25, 0.3) is 0 Å². The molecule has 0 saturated heterocycles. The molecule has 0 aromatic heterocycles. The maximum Gasteiger partial charge on any atom is 0.335 e. The van der Waals surface area contributed by atoms with Crippen molar-refractivity contribution in [1.29, 1.82) is 0 Å². The smallest absolute Gasteiger partial charge is 0.335 e. The van der Waals surface area contributed by atoms with E-state index in [-0.39, 0.29) is 5.56 Å². The van der Waals surface area contributed by atoms with E-state index in [0.29, 0.717) is 12.4 Å². The second-order valence-corrected chi connectivity index (χ2v) is 4.99. The molecule has 18 heavy (non-hydrogen) atoms. The molecule has 0 amide bonds. The standard InChI is InChI=1S/C14H11IO3/c15-12-6-4-10(5-7-12)9-18-13-3-1-2-11(8-13)14(16)17/h1-8H,9H2,(H,16,17). The van der Waals surface area contributed by atoms with Crippen molar-refractivity contribution < 1.29 is 14.6 Å². The molecule has 0 bridgehead atoms. The first kappa shape index (κ1) is 12.9. The van der Waals surface area contributed by atoms with Gasteiger partial charge in [0.05, 0.1) is 5.56 Å². The topological polar surface area (TPSA) is 46.5 Å². The van der Waals surface area contributed by atoms with Crippen LogP contribution < -0.4 is 4.74 Å². The average Bonchev–Trinajstić information content (AvgIpc) is 2.38. The maximum absolute atomic E-state index is 10.8. The molecule has 4 heteroatoms. The van der Waals surface area contributed by atoms with Gasteiger partial charge in [-0.3, -0.25) is 0 Å². The van der Waals surface area contributed by atoms with Gasteiger partial charge in [0.15, 0.2) is 0 Å². The molecule has 2 aromatic rings. The molecule has 2 aromatic carbocycles. The number of ether oxygens (including phenoxy) is 1. The van der Waals surface area contributed by atoms with E-state index in [0.717, 1.165) is 5.56 Å². The lowest BCUT2D eigenvalue weighted by molar-refractivity contribution is 0.0696. The Bertz CT molecular complexity index is 549. The third-order valence-corrected chi connectivity index (χ3v) is 3.12. The number of carboxylic acids is 1. The van der Waals surface area contributed by atoms with Crippen LogP contribution in [0.1, 0.15) is 15.9 Å². The van der Waals surface area contributed by atoms with E-state index in [2.05, 4.69) is 22.6 Å².